The number of hydrogen-bond acceptors (Lipinski definition) is 1. The van der Waals surface area contributed by atoms with E-state index in [9.17, 15) is 13.2 Å². The van der Waals surface area contributed by atoms with Crippen LogP contribution in [-0.2, 0) is 5.92 Å². The van der Waals surface area contributed by atoms with Crippen molar-refractivity contribution in [3.63, 3.8) is 0 Å². The van der Waals surface area contributed by atoms with E-state index in [1.807, 2.05) is 0 Å². The minimum absolute atomic E-state index is 0.211. The summed E-state index contributed by atoms with van der Waals surface area (Å²) in [4.78, 5) is 0. The van der Waals surface area contributed by atoms with Crippen LogP contribution in [0.5, 0.6) is 0 Å². The van der Waals surface area contributed by atoms with Crippen molar-refractivity contribution >= 4 is 11.6 Å². The third kappa shape index (κ3) is 2.58. The molecule has 1 aliphatic rings. The zero-order valence-electron chi connectivity index (χ0n) is 9.15. The van der Waals surface area contributed by atoms with Gasteiger partial charge in [-0.1, -0.05) is 17.7 Å². The van der Waals surface area contributed by atoms with E-state index in [0.717, 1.165) is 31.2 Å². The summed E-state index contributed by atoms with van der Waals surface area (Å²) in [5.41, 5.74) is -0.211. The molecule has 17 heavy (non-hydrogen) atoms. The third-order valence-electron chi connectivity index (χ3n) is 3.11. The van der Waals surface area contributed by atoms with Crippen LogP contribution < -0.4 is 5.32 Å². The van der Waals surface area contributed by atoms with Gasteiger partial charge in [0, 0.05) is 18.0 Å². The Labute approximate surface area is 103 Å². The molecule has 0 bridgehead atoms. The van der Waals surface area contributed by atoms with E-state index in [2.05, 4.69) is 5.32 Å². The smallest absolute Gasteiger partial charge is 0.277 e. The molecule has 0 radical (unpaired) electrons. The Balaban J connectivity index is 2.26. The van der Waals surface area contributed by atoms with Crippen LogP contribution in [0, 0.1) is 11.7 Å². The van der Waals surface area contributed by atoms with Gasteiger partial charge in [-0.25, -0.2) is 13.2 Å². The SMILES string of the molecule is Fc1ccc(C(F)(F)C2CCCNC2)cc1Cl. The van der Waals surface area contributed by atoms with Crippen LogP contribution in [-0.4, -0.2) is 13.1 Å². The summed E-state index contributed by atoms with van der Waals surface area (Å²) in [5.74, 6) is -4.39. The fourth-order valence-electron chi connectivity index (χ4n) is 2.10. The molecule has 1 heterocycles. The highest BCUT2D eigenvalue weighted by molar-refractivity contribution is 6.30. The predicted octanol–water partition coefficient (Wildman–Crippen LogP) is 3.57. The van der Waals surface area contributed by atoms with E-state index < -0.39 is 17.7 Å². The first-order valence-electron chi connectivity index (χ1n) is 5.56. The van der Waals surface area contributed by atoms with Crippen LogP contribution in [0.15, 0.2) is 18.2 Å². The average molecular weight is 264 g/mol. The second-order valence-electron chi connectivity index (χ2n) is 4.30. The molecule has 1 aliphatic heterocycles. The Kier molecular flexibility index (Phi) is 3.64. The lowest BCUT2D eigenvalue weighted by atomic mass is 9.88. The minimum atomic E-state index is -2.97. The lowest BCUT2D eigenvalue weighted by Gasteiger charge is -2.30. The first kappa shape index (κ1) is 12.7. The summed E-state index contributed by atoms with van der Waals surface area (Å²) >= 11 is 5.53. The number of piperidine rings is 1. The summed E-state index contributed by atoms with van der Waals surface area (Å²) in [7, 11) is 0. The van der Waals surface area contributed by atoms with E-state index in [0.29, 0.717) is 6.42 Å². The highest BCUT2D eigenvalue weighted by Gasteiger charge is 2.41. The first-order valence-corrected chi connectivity index (χ1v) is 5.93. The highest BCUT2D eigenvalue weighted by Crippen LogP contribution is 2.40. The third-order valence-corrected chi connectivity index (χ3v) is 3.40. The summed E-state index contributed by atoms with van der Waals surface area (Å²) in [6.45, 7) is 1.05. The molecule has 1 aromatic rings. The highest BCUT2D eigenvalue weighted by atomic mass is 35.5. The molecule has 0 spiro atoms. The molecule has 0 saturated carbocycles. The van der Waals surface area contributed by atoms with Crippen molar-refractivity contribution in [3.8, 4) is 0 Å². The van der Waals surface area contributed by atoms with Crippen molar-refractivity contribution < 1.29 is 13.2 Å². The molecule has 1 aromatic carbocycles. The molecule has 2 rings (SSSR count). The number of rotatable bonds is 2. The van der Waals surface area contributed by atoms with Gasteiger partial charge in [0.1, 0.15) is 5.82 Å². The van der Waals surface area contributed by atoms with E-state index in [1.165, 1.54) is 0 Å². The van der Waals surface area contributed by atoms with Gasteiger partial charge in [-0.05, 0) is 31.5 Å². The second kappa shape index (κ2) is 4.86. The molecule has 1 N–H and O–H groups in total. The fourth-order valence-corrected chi connectivity index (χ4v) is 2.28. The van der Waals surface area contributed by atoms with E-state index in [1.54, 1.807) is 0 Å². The van der Waals surface area contributed by atoms with Gasteiger partial charge in [-0.3, -0.25) is 0 Å². The topological polar surface area (TPSA) is 12.0 Å². The van der Waals surface area contributed by atoms with Crippen LogP contribution in [0.4, 0.5) is 13.2 Å². The van der Waals surface area contributed by atoms with Gasteiger partial charge in [0.2, 0.25) is 0 Å². The van der Waals surface area contributed by atoms with Gasteiger partial charge in [-0.2, -0.15) is 0 Å². The van der Waals surface area contributed by atoms with Crippen molar-refractivity contribution in [2.24, 2.45) is 5.92 Å². The van der Waals surface area contributed by atoms with Crippen molar-refractivity contribution in [1.82, 2.24) is 5.32 Å². The standard InChI is InChI=1S/C12H13ClF3N/c13-10-6-8(3-4-11(10)14)12(15,16)9-2-1-5-17-7-9/h3-4,6,9,17H,1-2,5,7H2. The van der Waals surface area contributed by atoms with Crippen LogP contribution in [0.2, 0.25) is 5.02 Å². The average Bonchev–Trinajstić information content (AvgIpc) is 2.33. The molecular formula is C12H13ClF3N. The van der Waals surface area contributed by atoms with Crippen molar-refractivity contribution in [3.05, 3.63) is 34.6 Å². The predicted molar refractivity (Wildman–Crippen MR) is 60.9 cm³/mol. The normalized spacial score (nSPS) is 21.5. The van der Waals surface area contributed by atoms with Gasteiger partial charge in [0.25, 0.3) is 5.92 Å². The van der Waals surface area contributed by atoms with Gasteiger partial charge >= 0.3 is 0 Å². The van der Waals surface area contributed by atoms with Gasteiger partial charge < -0.3 is 5.32 Å². The monoisotopic (exact) mass is 263 g/mol. The number of hydrogen-bond donors (Lipinski definition) is 1. The summed E-state index contributed by atoms with van der Waals surface area (Å²) < 4.78 is 41.2. The fraction of sp³-hybridized carbons (Fsp3) is 0.500. The Hall–Kier alpha value is -0.740. The lowest BCUT2D eigenvalue weighted by Crippen LogP contribution is -2.39. The van der Waals surface area contributed by atoms with Crippen LogP contribution in [0.25, 0.3) is 0 Å². The van der Waals surface area contributed by atoms with E-state index in [-0.39, 0.29) is 17.1 Å². The van der Waals surface area contributed by atoms with Crippen LogP contribution >= 0.6 is 11.6 Å². The number of benzene rings is 1. The molecule has 1 atom stereocenters. The van der Waals surface area contributed by atoms with Crippen LogP contribution in [0.3, 0.4) is 0 Å². The number of nitrogens with one attached hydrogen (secondary N) is 1. The maximum Gasteiger partial charge on any atom is 0.277 e. The largest absolute Gasteiger partial charge is 0.316 e. The molecule has 1 nitrogen and oxygen atoms in total. The van der Waals surface area contributed by atoms with Crippen molar-refractivity contribution in [2.45, 2.75) is 18.8 Å². The summed E-state index contributed by atoms with van der Waals surface area (Å²) in [6, 6.07) is 3.11. The van der Waals surface area contributed by atoms with Crippen LogP contribution in [0.1, 0.15) is 18.4 Å². The molecule has 0 aromatic heterocycles. The second-order valence-corrected chi connectivity index (χ2v) is 4.70. The van der Waals surface area contributed by atoms with E-state index in [4.69, 9.17) is 11.6 Å². The molecule has 0 amide bonds. The van der Waals surface area contributed by atoms with Crippen molar-refractivity contribution in [1.29, 1.82) is 0 Å². The Morgan fingerprint density at radius 2 is 2.12 bits per heavy atom. The zero-order valence-corrected chi connectivity index (χ0v) is 9.91. The molecule has 94 valence electrons. The summed E-state index contributed by atoms with van der Waals surface area (Å²) in [6.07, 6.45) is 1.20. The van der Waals surface area contributed by atoms with E-state index >= 15 is 0 Å². The molecule has 1 saturated heterocycles. The summed E-state index contributed by atoms with van der Waals surface area (Å²) in [5, 5.41) is 2.69. The Morgan fingerprint density at radius 1 is 1.35 bits per heavy atom. The zero-order chi connectivity index (χ0) is 12.5. The number of alkyl halides is 2. The quantitative estimate of drug-likeness (QED) is 0.860. The Morgan fingerprint density at radius 3 is 2.71 bits per heavy atom. The lowest BCUT2D eigenvalue weighted by molar-refractivity contribution is -0.0725. The van der Waals surface area contributed by atoms with Gasteiger partial charge in [-0.15, -0.1) is 0 Å². The van der Waals surface area contributed by atoms with Crippen molar-refractivity contribution in [2.75, 3.05) is 13.1 Å². The first-order chi connectivity index (χ1) is 8.01. The maximum atomic E-state index is 14.1. The molecule has 0 aliphatic carbocycles. The molecule has 1 fully saturated rings. The number of halogens is 4. The maximum absolute atomic E-state index is 14.1. The minimum Gasteiger partial charge on any atom is -0.316 e. The Bertz CT molecular complexity index is 403. The van der Waals surface area contributed by atoms with Gasteiger partial charge in [0.15, 0.2) is 0 Å². The molecular weight excluding hydrogens is 251 g/mol. The molecule has 1 unspecified atom stereocenters. The molecule has 5 heteroatoms. The van der Waals surface area contributed by atoms with Gasteiger partial charge in [0.05, 0.1) is 5.02 Å².